The van der Waals surface area contributed by atoms with Crippen molar-refractivity contribution in [3.8, 4) is 0 Å². The molecule has 4 heteroatoms. The van der Waals surface area contributed by atoms with Crippen molar-refractivity contribution in [3.63, 3.8) is 0 Å². The summed E-state index contributed by atoms with van der Waals surface area (Å²) in [6.07, 6.45) is 3.15. The lowest BCUT2D eigenvalue weighted by Crippen LogP contribution is -2.26. The van der Waals surface area contributed by atoms with Crippen molar-refractivity contribution in [2.24, 2.45) is 5.73 Å². The molecule has 2 unspecified atom stereocenters. The second-order valence-electron chi connectivity index (χ2n) is 4.95. The fraction of sp³-hybridized carbons (Fsp3) is 0.500. The van der Waals surface area contributed by atoms with E-state index in [4.69, 9.17) is 5.73 Å². The SMILES string of the molecule is CC(N)CCCc1ccc2c(c1)NC(=O)C(C)S2. The Balaban J connectivity index is 2.03. The first-order valence-electron chi connectivity index (χ1n) is 6.42. The van der Waals surface area contributed by atoms with Gasteiger partial charge in [0.05, 0.1) is 10.9 Å². The Kier molecular flexibility index (Phi) is 4.30. The summed E-state index contributed by atoms with van der Waals surface area (Å²) in [4.78, 5) is 12.8. The molecular weight excluding hydrogens is 244 g/mol. The van der Waals surface area contributed by atoms with Crippen LogP contribution in [0.1, 0.15) is 32.3 Å². The Bertz CT molecular complexity index is 445. The number of nitrogens with two attached hydrogens (primary N) is 1. The van der Waals surface area contributed by atoms with Gasteiger partial charge in [0.25, 0.3) is 0 Å². The number of anilines is 1. The molecule has 0 aromatic heterocycles. The molecule has 0 saturated carbocycles. The van der Waals surface area contributed by atoms with Crippen molar-refractivity contribution < 1.29 is 4.79 Å². The number of fused-ring (bicyclic) bond motifs is 1. The normalized spacial score (nSPS) is 20.2. The smallest absolute Gasteiger partial charge is 0.237 e. The maximum Gasteiger partial charge on any atom is 0.237 e. The van der Waals surface area contributed by atoms with Gasteiger partial charge in [-0.15, -0.1) is 11.8 Å². The number of rotatable bonds is 4. The van der Waals surface area contributed by atoms with Crippen LogP contribution in [0.15, 0.2) is 23.1 Å². The number of aryl methyl sites for hydroxylation is 1. The Morgan fingerprint density at radius 1 is 1.50 bits per heavy atom. The summed E-state index contributed by atoms with van der Waals surface area (Å²) in [6, 6.07) is 6.61. The van der Waals surface area contributed by atoms with E-state index in [9.17, 15) is 4.79 Å². The highest BCUT2D eigenvalue weighted by Gasteiger charge is 2.22. The van der Waals surface area contributed by atoms with Crippen molar-refractivity contribution in [1.82, 2.24) is 0 Å². The molecule has 0 radical (unpaired) electrons. The first-order chi connectivity index (χ1) is 8.56. The summed E-state index contributed by atoms with van der Waals surface area (Å²) in [7, 11) is 0. The molecule has 2 rings (SSSR count). The van der Waals surface area contributed by atoms with Crippen molar-refractivity contribution in [3.05, 3.63) is 23.8 Å². The molecule has 0 spiro atoms. The van der Waals surface area contributed by atoms with Gasteiger partial charge in [-0.2, -0.15) is 0 Å². The van der Waals surface area contributed by atoms with E-state index >= 15 is 0 Å². The van der Waals surface area contributed by atoms with Crippen molar-refractivity contribution >= 4 is 23.4 Å². The van der Waals surface area contributed by atoms with E-state index in [1.54, 1.807) is 11.8 Å². The number of carbonyl (C=O) groups excluding carboxylic acids is 1. The number of benzene rings is 1. The monoisotopic (exact) mass is 264 g/mol. The summed E-state index contributed by atoms with van der Waals surface area (Å²) in [5.74, 6) is 0.0974. The second-order valence-corrected chi connectivity index (χ2v) is 6.33. The fourth-order valence-electron chi connectivity index (χ4n) is 2.04. The molecule has 2 atom stereocenters. The largest absolute Gasteiger partial charge is 0.328 e. The van der Waals surface area contributed by atoms with Crippen LogP contribution >= 0.6 is 11.8 Å². The van der Waals surface area contributed by atoms with Crippen LogP contribution in [0.2, 0.25) is 0 Å². The van der Waals surface area contributed by atoms with Gasteiger partial charge in [0, 0.05) is 10.9 Å². The molecule has 1 amide bonds. The quantitative estimate of drug-likeness (QED) is 0.879. The Morgan fingerprint density at radius 3 is 3.00 bits per heavy atom. The number of hydrogen-bond donors (Lipinski definition) is 2. The highest BCUT2D eigenvalue weighted by molar-refractivity contribution is 8.00. The van der Waals surface area contributed by atoms with E-state index < -0.39 is 0 Å². The third-order valence-corrected chi connectivity index (χ3v) is 4.28. The Morgan fingerprint density at radius 2 is 2.28 bits per heavy atom. The van der Waals surface area contributed by atoms with Gasteiger partial charge in [0.1, 0.15) is 0 Å². The van der Waals surface area contributed by atoms with Gasteiger partial charge in [-0.25, -0.2) is 0 Å². The molecule has 0 aliphatic carbocycles. The number of thioether (sulfide) groups is 1. The van der Waals surface area contributed by atoms with Crippen LogP contribution in [-0.2, 0) is 11.2 Å². The predicted molar refractivity (Wildman–Crippen MR) is 77.0 cm³/mol. The molecule has 3 N–H and O–H groups in total. The minimum Gasteiger partial charge on any atom is -0.328 e. The summed E-state index contributed by atoms with van der Waals surface area (Å²) >= 11 is 1.63. The second kappa shape index (κ2) is 5.76. The van der Waals surface area contributed by atoms with Crippen LogP contribution in [0, 0.1) is 0 Å². The lowest BCUT2D eigenvalue weighted by molar-refractivity contribution is -0.115. The molecule has 1 aliphatic heterocycles. The Hall–Kier alpha value is -1.000. The van der Waals surface area contributed by atoms with Gasteiger partial charge in [-0.3, -0.25) is 4.79 Å². The first kappa shape index (κ1) is 13.4. The Labute approximate surface area is 113 Å². The average molecular weight is 264 g/mol. The molecular formula is C14H20N2OS. The zero-order valence-corrected chi connectivity index (χ0v) is 11.7. The van der Waals surface area contributed by atoms with Crippen LogP contribution < -0.4 is 11.1 Å². The van der Waals surface area contributed by atoms with E-state index in [2.05, 4.69) is 23.5 Å². The number of hydrogen-bond acceptors (Lipinski definition) is 3. The summed E-state index contributed by atoms with van der Waals surface area (Å²) in [5.41, 5.74) is 7.97. The molecule has 1 aliphatic rings. The molecule has 0 saturated heterocycles. The third-order valence-electron chi connectivity index (χ3n) is 3.10. The molecule has 0 fully saturated rings. The molecule has 98 valence electrons. The molecule has 1 aromatic rings. The minimum absolute atomic E-state index is 0.00133. The van der Waals surface area contributed by atoms with Gasteiger partial charge < -0.3 is 11.1 Å². The molecule has 0 bridgehead atoms. The van der Waals surface area contributed by atoms with Crippen LogP contribution in [-0.4, -0.2) is 17.2 Å². The van der Waals surface area contributed by atoms with E-state index in [1.165, 1.54) is 5.56 Å². The van der Waals surface area contributed by atoms with Gasteiger partial charge in [-0.1, -0.05) is 6.07 Å². The first-order valence-corrected chi connectivity index (χ1v) is 7.30. The van der Waals surface area contributed by atoms with Gasteiger partial charge in [-0.05, 0) is 50.8 Å². The number of nitrogens with one attached hydrogen (secondary N) is 1. The van der Waals surface area contributed by atoms with Gasteiger partial charge in [0.2, 0.25) is 5.91 Å². The molecule has 1 heterocycles. The predicted octanol–water partition coefficient (Wildman–Crippen LogP) is 2.79. The highest BCUT2D eigenvalue weighted by atomic mass is 32.2. The summed E-state index contributed by atoms with van der Waals surface area (Å²) < 4.78 is 0. The van der Waals surface area contributed by atoms with E-state index in [1.807, 2.05) is 13.8 Å². The summed E-state index contributed by atoms with van der Waals surface area (Å²) in [6.45, 7) is 3.96. The minimum atomic E-state index is 0.00133. The van der Waals surface area contributed by atoms with Crippen molar-refractivity contribution in [2.75, 3.05) is 5.32 Å². The lowest BCUT2D eigenvalue weighted by atomic mass is 10.1. The van der Waals surface area contributed by atoms with Crippen LogP contribution in [0.4, 0.5) is 5.69 Å². The third kappa shape index (κ3) is 3.27. The molecule has 3 nitrogen and oxygen atoms in total. The van der Waals surface area contributed by atoms with Crippen LogP contribution in [0.5, 0.6) is 0 Å². The highest BCUT2D eigenvalue weighted by Crippen LogP contribution is 2.36. The van der Waals surface area contributed by atoms with E-state index in [0.717, 1.165) is 29.8 Å². The topological polar surface area (TPSA) is 55.1 Å². The van der Waals surface area contributed by atoms with Crippen LogP contribution in [0.25, 0.3) is 0 Å². The fourth-order valence-corrected chi connectivity index (χ4v) is 2.97. The van der Waals surface area contributed by atoms with Crippen LogP contribution in [0.3, 0.4) is 0 Å². The van der Waals surface area contributed by atoms with Gasteiger partial charge in [0.15, 0.2) is 0 Å². The van der Waals surface area contributed by atoms with E-state index in [-0.39, 0.29) is 17.2 Å². The zero-order valence-electron chi connectivity index (χ0n) is 10.9. The standard InChI is InChI=1S/C14H20N2OS/c1-9(15)4-3-5-11-6-7-13-12(8-11)16-14(17)10(2)18-13/h6-10H,3-5,15H2,1-2H3,(H,16,17). The van der Waals surface area contributed by atoms with E-state index in [0.29, 0.717) is 0 Å². The molecule has 1 aromatic carbocycles. The summed E-state index contributed by atoms with van der Waals surface area (Å²) in [5, 5.41) is 2.97. The lowest BCUT2D eigenvalue weighted by Gasteiger charge is -2.21. The van der Waals surface area contributed by atoms with Crippen molar-refractivity contribution in [1.29, 1.82) is 0 Å². The number of amides is 1. The van der Waals surface area contributed by atoms with Gasteiger partial charge >= 0.3 is 0 Å². The molecule has 18 heavy (non-hydrogen) atoms. The maximum absolute atomic E-state index is 11.6. The average Bonchev–Trinajstić information content (AvgIpc) is 2.30. The number of carbonyl (C=O) groups is 1. The van der Waals surface area contributed by atoms with Crippen molar-refractivity contribution in [2.45, 2.75) is 49.3 Å². The maximum atomic E-state index is 11.6. The zero-order chi connectivity index (χ0) is 13.1.